The molecular weight excluding hydrogens is 330 g/mol. The predicted octanol–water partition coefficient (Wildman–Crippen LogP) is 1.82. The fourth-order valence-corrected chi connectivity index (χ4v) is 4.08. The summed E-state index contributed by atoms with van der Waals surface area (Å²) in [7, 11) is -2.36. The van der Waals surface area contributed by atoms with Crippen LogP contribution in [0.15, 0.2) is 23.1 Å². The molecule has 2 rings (SSSR count). The van der Waals surface area contributed by atoms with E-state index < -0.39 is 10.0 Å². The van der Waals surface area contributed by atoms with Crippen molar-refractivity contribution < 1.29 is 22.6 Å². The lowest BCUT2D eigenvalue weighted by atomic mass is 10.1. The Morgan fingerprint density at radius 2 is 2.23 bits per heavy atom. The van der Waals surface area contributed by atoms with Crippen molar-refractivity contribution in [1.29, 1.82) is 0 Å². The average Bonchev–Trinajstić information content (AvgIpc) is 2.49. The Kier molecular flexibility index (Phi) is 6.05. The molecule has 0 unspecified atom stereocenters. The van der Waals surface area contributed by atoms with Crippen LogP contribution in [0.5, 0.6) is 5.75 Å². The van der Waals surface area contributed by atoms with Crippen LogP contribution in [-0.2, 0) is 19.5 Å². The quantitative estimate of drug-likeness (QED) is 0.848. The van der Waals surface area contributed by atoms with Crippen LogP contribution in [0, 0.1) is 0 Å². The van der Waals surface area contributed by atoms with E-state index in [0.717, 1.165) is 0 Å². The Morgan fingerprint density at radius 1 is 1.45 bits per heavy atom. The van der Waals surface area contributed by atoms with E-state index in [0.29, 0.717) is 31.3 Å². The first-order chi connectivity index (χ1) is 10.5. The summed E-state index contributed by atoms with van der Waals surface area (Å²) in [6.45, 7) is 3.21. The number of benzene rings is 1. The molecule has 0 radical (unpaired) electrons. The van der Waals surface area contributed by atoms with Gasteiger partial charge in [0.2, 0.25) is 10.0 Å². The number of rotatable bonds is 6. The molecule has 1 fully saturated rings. The first-order valence-electron chi connectivity index (χ1n) is 7.03. The van der Waals surface area contributed by atoms with Gasteiger partial charge < -0.3 is 14.2 Å². The molecule has 1 saturated heterocycles. The van der Waals surface area contributed by atoms with Gasteiger partial charge in [0.25, 0.3) is 0 Å². The molecule has 0 bridgehead atoms. The first kappa shape index (κ1) is 17.5. The van der Waals surface area contributed by atoms with E-state index in [1.54, 1.807) is 6.07 Å². The zero-order valence-electron chi connectivity index (χ0n) is 12.5. The molecule has 0 amide bonds. The zero-order valence-corrected chi connectivity index (χ0v) is 14.1. The summed E-state index contributed by atoms with van der Waals surface area (Å²) in [5.41, 5.74) is 0. The maximum Gasteiger partial charge on any atom is 0.244 e. The number of hydrogen-bond donors (Lipinski definition) is 1. The molecule has 1 N–H and O–H groups in total. The summed E-state index contributed by atoms with van der Waals surface area (Å²) >= 11 is 5.91. The largest absolute Gasteiger partial charge is 0.495 e. The SMILES string of the molecule is CCO[C@@H]1COCC[C@H]1NS(=O)(=O)c1cc(Cl)ccc1OC. The molecule has 0 spiro atoms. The van der Waals surface area contributed by atoms with Crippen LogP contribution in [0.4, 0.5) is 0 Å². The van der Waals surface area contributed by atoms with E-state index in [1.807, 2.05) is 6.92 Å². The molecule has 124 valence electrons. The molecule has 1 aromatic rings. The van der Waals surface area contributed by atoms with Crippen molar-refractivity contribution in [3.05, 3.63) is 23.2 Å². The molecule has 1 aromatic carbocycles. The van der Waals surface area contributed by atoms with Gasteiger partial charge in [-0.05, 0) is 31.5 Å². The van der Waals surface area contributed by atoms with Gasteiger partial charge >= 0.3 is 0 Å². The number of hydrogen-bond acceptors (Lipinski definition) is 5. The summed E-state index contributed by atoms with van der Waals surface area (Å²) in [4.78, 5) is 0.0178. The first-order valence-corrected chi connectivity index (χ1v) is 8.89. The highest BCUT2D eigenvalue weighted by Crippen LogP contribution is 2.27. The van der Waals surface area contributed by atoms with Crippen molar-refractivity contribution in [2.24, 2.45) is 0 Å². The summed E-state index contributed by atoms with van der Waals surface area (Å²) in [5, 5.41) is 0.328. The topological polar surface area (TPSA) is 73.9 Å². The van der Waals surface area contributed by atoms with Gasteiger partial charge in [-0.2, -0.15) is 0 Å². The smallest absolute Gasteiger partial charge is 0.244 e. The van der Waals surface area contributed by atoms with Crippen LogP contribution in [0.1, 0.15) is 13.3 Å². The molecule has 1 heterocycles. The van der Waals surface area contributed by atoms with Gasteiger partial charge in [-0.15, -0.1) is 0 Å². The van der Waals surface area contributed by atoms with Gasteiger partial charge in [0.05, 0.1) is 25.9 Å². The van der Waals surface area contributed by atoms with E-state index >= 15 is 0 Å². The van der Waals surface area contributed by atoms with Gasteiger partial charge in [0, 0.05) is 18.2 Å². The fraction of sp³-hybridized carbons (Fsp3) is 0.571. The Bertz CT molecular complexity index is 605. The molecular formula is C14H20ClNO5S. The molecule has 1 aliphatic heterocycles. The standard InChI is InChI=1S/C14H20ClNO5S/c1-3-21-13-9-20-7-6-11(13)16-22(17,18)14-8-10(15)4-5-12(14)19-2/h4-5,8,11,13,16H,3,6-7,9H2,1-2H3/t11-,13-/m1/s1. The van der Waals surface area contributed by atoms with Crippen molar-refractivity contribution in [1.82, 2.24) is 4.72 Å². The summed E-state index contributed by atoms with van der Waals surface area (Å²) in [6.07, 6.45) is 0.242. The number of sulfonamides is 1. The van der Waals surface area contributed by atoms with Crippen LogP contribution in [0.3, 0.4) is 0 Å². The van der Waals surface area contributed by atoms with Gasteiger partial charge in [-0.3, -0.25) is 0 Å². The fourth-order valence-electron chi connectivity index (χ4n) is 2.35. The second kappa shape index (κ2) is 7.61. The zero-order chi connectivity index (χ0) is 16.2. The highest BCUT2D eigenvalue weighted by atomic mass is 35.5. The van der Waals surface area contributed by atoms with Gasteiger partial charge in [0.1, 0.15) is 10.6 Å². The second-order valence-corrected chi connectivity index (χ2v) is 7.00. The van der Waals surface area contributed by atoms with E-state index in [1.165, 1.54) is 19.2 Å². The number of nitrogens with one attached hydrogen (secondary N) is 1. The normalized spacial score (nSPS) is 22.5. The highest BCUT2D eigenvalue weighted by Gasteiger charge is 2.31. The van der Waals surface area contributed by atoms with Crippen LogP contribution in [0.2, 0.25) is 5.02 Å². The van der Waals surface area contributed by atoms with Crippen molar-refractivity contribution in [3.63, 3.8) is 0 Å². The van der Waals surface area contributed by atoms with Crippen molar-refractivity contribution >= 4 is 21.6 Å². The van der Waals surface area contributed by atoms with Crippen molar-refractivity contribution in [2.45, 2.75) is 30.4 Å². The number of methoxy groups -OCH3 is 1. The molecule has 0 aromatic heterocycles. The Balaban J connectivity index is 2.25. The van der Waals surface area contributed by atoms with Crippen molar-refractivity contribution in [3.8, 4) is 5.75 Å². The minimum atomic E-state index is -3.77. The number of halogens is 1. The molecule has 8 heteroatoms. The lowest BCUT2D eigenvalue weighted by molar-refractivity contribution is -0.0605. The maximum absolute atomic E-state index is 12.6. The molecule has 0 aliphatic carbocycles. The van der Waals surface area contributed by atoms with Crippen molar-refractivity contribution in [2.75, 3.05) is 26.9 Å². The summed E-state index contributed by atoms with van der Waals surface area (Å²) in [6, 6.07) is 4.14. The van der Waals surface area contributed by atoms with E-state index in [2.05, 4.69) is 4.72 Å². The molecule has 6 nitrogen and oxygen atoms in total. The van der Waals surface area contributed by atoms with E-state index in [9.17, 15) is 8.42 Å². The van der Waals surface area contributed by atoms with Gasteiger partial charge in [-0.1, -0.05) is 11.6 Å². The summed E-state index contributed by atoms with van der Waals surface area (Å²) < 4.78 is 44.0. The average molecular weight is 350 g/mol. The molecule has 0 saturated carbocycles. The predicted molar refractivity (Wildman–Crippen MR) is 83.0 cm³/mol. The van der Waals surface area contributed by atoms with Gasteiger partial charge in [0.15, 0.2) is 0 Å². The monoisotopic (exact) mass is 349 g/mol. The maximum atomic E-state index is 12.6. The van der Waals surface area contributed by atoms with Crippen LogP contribution >= 0.6 is 11.6 Å². The molecule has 1 aliphatic rings. The lowest BCUT2D eigenvalue weighted by Gasteiger charge is -2.31. The van der Waals surface area contributed by atoms with E-state index in [-0.39, 0.29) is 22.8 Å². The third kappa shape index (κ3) is 4.11. The minimum Gasteiger partial charge on any atom is -0.495 e. The number of ether oxygens (including phenoxy) is 3. The third-order valence-corrected chi connectivity index (χ3v) is 5.15. The molecule has 2 atom stereocenters. The Labute approximate surface area is 135 Å². The second-order valence-electron chi connectivity index (χ2n) is 4.88. The van der Waals surface area contributed by atoms with Gasteiger partial charge in [-0.25, -0.2) is 13.1 Å². The molecule has 22 heavy (non-hydrogen) atoms. The van der Waals surface area contributed by atoms with Crippen LogP contribution < -0.4 is 9.46 Å². The van der Waals surface area contributed by atoms with Crippen LogP contribution in [-0.4, -0.2) is 47.5 Å². The Morgan fingerprint density at radius 3 is 2.91 bits per heavy atom. The Hall–Kier alpha value is -0.860. The lowest BCUT2D eigenvalue weighted by Crippen LogP contribution is -2.49. The summed E-state index contributed by atoms with van der Waals surface area (Å²) in [5.74, 6) is 0.247. The minimum absolute atomic E-state index is 0.0178. The van der Waals surface area contributed by atoms with Crippen LogP contribution in [0.25, 0.3) is 0 Å². The third-order valence-electron chi connectivity index (χ3n) is 3.41. The van der Waals surface area contributed by atoms with E-state index in [4.69, 9.17) is 25.8 Å². The highest BCUT2D eigenvalue weighted by molar-refractivity contribution is 7.89.